The van der Waals surface area contributed by atoms with Gasteiger partial charge >= 0.3 is 17.2 Å². The molecular formula is C35H58O6P2. The molecule has 2 aromatic carbocycles. The van der Waals surface area contributed by atoms with Gasteiger partial charge in [-0.3, -0.25) is 4.52 Å². The maximum absolute atomic E-state index is 9.33. The molecule has 0 fully saturated rings. The highest BCUT2D eigenvalue weighted by atomic mass is 31.2. The van der Waals surface area contributed by atoms with E-state index in [0.29, 0.717) is 0 Å². The zero-order valence-electron chi connectivity index (χ0n) is 29.6. The smallest absolute Gasteiger partial charge is 0.417 e. The maximum atomic E-state index is 9.33. The lowest BCUT2D eigenvalue weighted by Crippen LogP contribution is -2.25. The molecule has 6 nitrogen and oxygen atoms in total. The Labute approximate surface area is 264 Å². The van der Waals surface area contributed by atoms with Gasteiger partial charge < -0.3 is 23.4 Å². The van der Waals surface area contributed by atoms with Crippen LogP contribution in [0.4, 0.5) is 0 Å². The molecule has 0 aliphatic rings. The standard InChI is InChI=1S/C35H58O6P2/c1-23-17-25(31(3,4)5)19-27(33(9,10)11)29(23)40-43(39-22-35(15,16)21-38-42(36)37)41-30-24(2)18-26(32(6,7)8)20-28(30)34(12,13)14/h17-20,36-37H,21-22H2,1-16H3. The Hall–Kier alpha value is -1.26. The summed E-state index contributed by atoms with van der Waals surface area (Å²) >= 11 is 0. The Kier molecular flexibility index (Phi) is 12.0. The fourth-order valence-corrected chi connectivity index (χ4v) is 6.34. The van der Waals surface area contributed by atoms with Crippen molar-refractivity contribution in [3.05, 3.63) is 57.6 Å². The molecule has 0 spiro atoms. The summed E-state index contributed by atoms with van der Waals surface area (Å²) < 4.78 is 25.2. The summed E-state index contributed by atoms with van der Waals surface area (Å²) in [5.41, 5.74) is 5.84. The molecular weight excluding hydrogens is 578 g/mol. The third kappa shape index (κ3) is 10.9. The first-order valence-electron chi connectivity index (χ1n) is 15.1. The number of aryl methyl sites for hydroxylation is 2. The highest BCUT2D eigenvalue weighted by molar-refractivity contribution is 7.42. The quantitative estimate of drug-likeness (QED) is 0.253. The van der Waals surface area contributed by atoms with Crippen molar-refractivity contribution in [2.45, 2.75) is 132 Å². The zero-order chi connectivity index (χ0) is 33.3. The molecule has 244 valence electrons. The molecule has 0 saturated carbocycles. The van der Waals surface area contributed by atoms with E-state index in [9.17, 15) is 9.79 Å². The molecule has 0 radical (unpaired) electrons. The van der Waals surface area contributed by atoms with Crippen LogP contribution in [0.3, 0.4) is 0 Å². The van der Waals surface area contributed by atoms with Gasteiger partial charge in [0.25, 0.3) is 0 Å². The van der Waals surface area contributed by atoms with Crippen LogP contribution in [0.15, 0.2) is 24.3 Å². The Morgan fingerprint density at radius 1 is 0.535 bits per heavy atom. The van der Waals surface area contributed by atoms with Gasteiger partial charge in [-0.2, -0.15) is 0 Å². The number of benzene rings is 2. The molecule has 0 aromatic heterocycles. The molecule has 8 heteroatoms. The summed E-state index contributed by atoms with van der Waals surface area (Å²) in [6.07, 6.45) is 0. The highest BCUT2D eigenvalue weighted by Gasteiger charge is 2.33. The number of hydrogen-bond donors (Lipinski definition) is 2. The largest absolute Gasteiger partial charge is 0.463 e. The van der Waals surface area contributed by atoms with Gasteiger partial charge in [-0.1, -0.05) is 121 Å². The van der Waals surface area contributed by atoms with Crippen LogP contribution in [-0.4, -0.2) is 23.0 Å². The van der Waals surface area contributed by atoms with Gasteiger partial charge in [0.2, 0.25) is 0 Å². The van der Waals surface area contributed by atoms with Crippen molar-refractivity contribution in [3.63, 3.8) is 0 Å². The second-order valence-corrected chi connectivity index (χ2v) is 18.5. The average molecular weight is 637 g/mol. The second-order valence-electron chi connectivity index (χ2n) is 16.7. The first kappa shape index (κ1) is 37.9. The first-order chi connectivity index (χ1) is 19.2. The Balaban J connectivity index is 2.69. The van der Waals surface area contributed by atoms with E-state index in [1.54, 1.807) is 0 Å². The summed E-state index contributed by atoms with van der Waals surface area (Å²) in [4.78, 5) is 18.7. The van der Waals surface area contributed by atoms with Crippen molar-refractivity contribution >= 4 is 17.2 Å². The lowest BCUT2D eigenvalue weighted by Gasteiger charge is -2.32. The summed E-state index contributed by atoms with van der Waals surface area (Å²) in [6, 6.07) is 8.90. The van der Waals surface area contributed by atoms with Crippen LogP contribution in [0.5, 0.6) is 11.5 Å². The Morgan fingerprint density at radius 2 is 0.884 bits per heavy atom. The van der Waals surface area contributed by atoms with Crippen LogP contribution in [0.2, 0.25) is 0 Å². The van der Waals surface area contributed by atoms with Crippen LogP contribution in [0, 0.1) is 19.3 Å². The fraction of sp³-hybridized carbons (Fsp3) is 0.657. The van der Waals surface area contributed by atoms with Crippen molar-refractivity contribution in [2.24, 2.45) is 5.41 Å². The van der Waals surface area contributed by atoms with Crippen LogP contribution in [0.25, 0.3) is 0 Å². The molecule has 0 bridgehead atoms. The summed E-state index contributed by atoms with van der Waals surface area (Å²) in [5, 5.41) is 0. The summed E-state index contributed by atoms with van der Waals surface area (Å²) in [5.74, 6) is 1.55. The SMILES string of the molecule is Cc1cc(C(C)(C)C)cc(C(C)(C)C)c1OP(OCC(C)(C)COP(O)O)Oc1c(C)cc(C(C)(C)C)cc1C(C)(C)C. The van der Waals surface area contributed by atoms with Gasteiger partial charge in [0.15, 0.2) is 0 Å². The predicted octanol–water partition coefficient (Wildman–Crippen LogP) is 10.4. The van der Waals surface area contributed by atoms with E-state index in [4.69, 9.17) is 18.1 Å². The van der Waals surface area contributed by atoms with E-state index in [1.165, 1.54) is 11.1 Å². The minimum absolute atomic E-state index is 0.0165. The second kappa shape index (κ2) is 13.6. The third-order valence-corrected chi connectivity index (χ3v) is 8.72. The average Bonchev–Trinajstić information content (AvgIpc) is 2.80. The molecule has 0 amide bonds. The van der Waals surface area contributed by atoms with Crippen LogP contribution >= 0.6 is 17.2 Å². The van der Waals surface area contributed by atoms with Crippen molar-refractivity contribution in [1.82, 2.24) is 0 Å². The molecule has 43 heavy (non-hydrogen) atoms. The topological polar surface area (TPSA) is 77.4 Å². The van der Waals surface area contributed by atoms with Gasteiger partial charge in [-0.05, 0) is 57.8 Å². The third-order valence-electron chi connectivity index (χ3n) is 7.36. The van der Waals surface area contributed by atoms with Gasteiger partial charge in [-0.25, -0.2) is 0 Å². The van der Waals surface area contributed by atoms with E-state index in [2.05, 4.69) is 121 Å². The van der Waals surface area contributed by atoms with Gasteiger partial charge in [-0.15, -0.1) is 0 Å². The van der Waals surface area contributed by atoms with E-state index in [0.717, 1.165) is 33.8 Å². The Bertz CT molecular complexity index is 1160. The molecule has 2 aromatic rings. The Morgan fingerprint density at radius 3 is 1.19 bits per heavy atom. The summed E-state index contributed by atoms with van der Waals surface area (Å²) in [6.45, 7) is 34.9. The first-order valence-corrected chi connectivity index (χ1v) is 17.4. The molecule has 0 heterocycles. The van der Waals surface area contributed by atoms with Crippen molar-refractivity contribution in [3.8, 4) is 11.5 Å². The minimum Gasteiger partial charge on any atom is -0.417 e. The van der Waals surface area contributed by atoms with Crippen LogP contribution in [0.1, 0.15) is 130 Å². The van der Waals surface area contributed by atoms with Gasteiger partial charge in [0.05, 0.1) is 13.2 Å². The number of hydrogen-bond acceptors (Lipinski definition) is 6. The highest BCUT2D eigenvalue weighted by Crippen LogP contribution is 2.51. The molecule has 2 rings (SSSR count). The molecule has 0 aliphatic heterocycles. The molecule has 2 N–H and O–H groups in total. The van der Waals surface area contributed by atoms with Gasteiger partial charge in [0, 0.05) is 16.5 Å². The van der Waals surface area contributed by atoms with Crippen molar-refractivity contribution < 1.29 is 27.9 Å². The van der Waals surface area contributed by atoms with E-state index >= 15 is 0 Å². The monoisotopic (exact) mass is 636 g/mol. The molecule has 0 unspecified atom stereocenters. The molecule has 0 atom stereocenters. The number of rotatable bonds is 10. The van der Waals surface area contributed by atoms with Crippen LogP contribution < -0.4 is 9.05 Å². The normalized spacial score (nSPS) is 13.7. The van der Waals surface area contributed by atoms with E-state index < -0.39 is 22.6 Å². The predicted molar refractivity (Wildman–Crippen MR) is 182 cm³/mol. The molecule has 0 saturated heterocycles. The van der Waals surface area contributed by atoms with Crippen molar-refractivity contribution in [2.75, 3.05) is 13.2 Å². The zero-order valence-corrected chi connectivity index (χ0v) is 31.4. The van der Waals surface area contributed by atoms with E-state index in [1.807, 2.05) is 13.8 Å². The minimum atomic E-state index is -2.45. The van der Waals surface area contributed by atoms with Crippen LogP contribution in [-0.2, 0) is 30.7 Å². The molecule has 0 aliphatic carbocycles. The summed E-state index contributed by atoms with van der Waals surface area (Å²) in [7, 11) is -4.37. The lowest BCUT2D eigenvalue weighted by molar-refractivity contribution is 0.0957. The lowest BCUT2D eigenvalue weighted by atomic mass is 9.79. The maximum Gasteiger partial charge on any atom is 0.463 e. The van der Waals surface area contributed by atoms with E-state index in [-0.39, 0.29) is 34.9 Å². The fourth-order valence-electron chi connectivity index (χ4n) is 4.49. The van der Waals surface area contributed by atoms with Gasteiger partial charge in [0.1, 0.15) is 11.5 Å². The van der Waals surface area contributed by atoms with Crippen molar-refractivity contribution in [1.29, 1.82) is 0 Å².